The van der Waals surface area contributed by atoms with Crippen LogP contribution >= 0.6 is 0 Å². The van der Waals surface area contributed by atoms with Gasteiger partial charge in [0.25, 0.3) is 0 Å². The molecule has 7 aliphatic rings. The van der Waals surface area contributed by atoms with Crippen LogP contribution in [0.3, 0.4) is 0 Å². The Morgan fingerprint density at radius 1 is 0.778 bits per heavy atom. The summed E-state index contributed by atoms with van der Waals surface area (Å²) in [5, 5.41) is 45.9. The molecule has 12 atom stereocenters. The number of rotatable bonds is 1. The second kappa shape index (κ2) is 6.55. The minimum atomic E-state index is -1.16. The van der Waals surface area contributed by atoms with Crippen LogP contribution in [0.5, 0.6) is 0 Å². The lowest BCUT2D eigenvalue weighted by Gasteiger charge is -2.64. The van der Waals surface area contributed by atoms with E-state index in [1.807, 2.05) is 0 Å². The molecular formula is C30H48O6. The smallest absolute Gasteiger partial charge is 0.197 e. The summed E-state index contributed by atoms with van der Waals surface area (Å²) in [5.74, 6) is -0.477. The summed E-state index contributed by atoms with van der Waals surface area (Å²) in [6.45, 7) is 12.9. The summed E-state index contributed by atoms with van der Waals surface area (Å²) >= 11 is 0. The van der Waals surface area contributed by atoms with Crippen molar-refractivity contribution in [3.05, 3.63) is 0 Å². The zero-order valence-electron chi connectivity index (χ0n) is 23.1. The molecule has 6 nitrogen and oxygen atoms in total. The van der Waals surface area contributed by atoms with Crippen molar-refractivity contribution in [3.8, 4) is 0 Å². The summed E-state index contributed by atoms with van der Waals surface area (Å²) in [6, 6.07) is 0. The van der Waals surface area contributed by atoms with Crippen LogP contribution in [0.4, 0.5) is 0 Å². The SMILES string of the molecule is CC1(C)[C@@H](O)CC[C@]23C[C@]24CC[C@]25CO[C@@]6(C(C)(C)O)CC[C@](C)(O6)[C@H]2[C@@H](O)[C@@H](O)[C@@]5(C)[C@@H]4CC[C@@H]13. The number of hydrogen-bond acceptors (Lipinski definition) is 6. The number of aliphatic hydroxyl groups is 4. The van der Waals surface area contributed by atoms with Crippen LogP contribution in [-0.2, 0) is 9.47 Å². The van der Waals surface area contributed by atoms with Gasteiger partial charge in [-0.2, -0.15) is 0 Å². The normalized spacial score (nSPS) is 62.8. The highest BCUT2D eigenvalue weighted by atomic mass is 16.7. The van der Waals surface area contributed by atoms with E-state index in [9.17, 15) is 20.4 Å². The summed E-state index contributed by atoms with van der Waals surface area (Å²) < 4.78 is 13.4. The van der Waals surface area contributed by atoms with Crippen LogP contribution in [0.25, 0.3) is 0 Å². The van der Waals surface area contributed by atoms with E-state index in [1.165, 1.54) is 6.42 Å². The Balaban J connectivity index is 1.34. The summed E-state index contributed by atoms with van der Waals surface area (Å²) in [5.41, 5.74) is -2.34. The molecule has 0 aromatic heterocycles. The Bertz CT molecular complexity index is 990. The third-order valence-electron chi connectivity index (χ3n) is 14.4. The van der Waals surface area contributed by atoms with Gasteiger partial charge >= 0.3 is 0 Å². The zero-order chi connectivity index (χ0) is 25.9. The summed E-state index contributed by atoms with van der Waals surface area (Å²) in [7, 11) is 0. The number of ether oxygens (including phenoxy) is 2. The molecule has 0 amide bonds. The first-order valence-corrected chi connectivity index (χ1v) is 14.7. The van der Waals surface area contributed by atoms with E-state index in [0.29, 0.717) is 31.3 Å². The van der Waals surface area contributed by atoms with Gasteiger partial charge in [0.2, 0.25) is 0 Å². The minimum absolute atomic E-state index is 0.0793. The quantitative estimate of drug-likeness (QED) is 0.434. The van der Waals surface area contributed by atoms with Crippen molar-refractivity contribution in [3.63, 3.8) is 0 Å². The Hall–Kier alpha value is -0.240. The van der Waals surface area contributed by atoms with Crippen molar-refractivity contribution in [2.24, 2.45) is 44.8 Å². The van der Waals surface area contributed by atoms with E-state index >= 15 is 0 Å². The molecule has 0 radical (unpaired) electrons. The van der Waals surface area contributed by atoms with E-state index in [-0.39, 0.29) is 28.3 Å². The van der Waals surface area contributed by atoms with Gasteiger partial charge in [-0.15, -0.1) is 0 Å². The molecule has 7 rings (SSSR count). The molecule has 3 spiro atoms. The van der Waals surface area contributed by atoms with Crippen LogP contribution in [0, 0.1) is 44.8 Å². The van der Waals surface area contributed by atoms with E-state index < -0.39 is 40.0 Å². The highest BCUT2D eigenvalue weighted by Crippen LogP contribution is 2.89. The fourth-order valence-corrected chi connectivity index (χ4v) is 12.6. The van der Waals surface area contributed by atoms with Gasteiger partial charge in [0.1, 0.15) is 5.60 Å². The minimum Gasteiger partial charge on any atom is -0.393 e. The average molecular weight is 505 g/mol. The molecule has 0 aromatic carbocycles. The van der Waals surface area contributed by atoms with E-state index in [2.05, 4.69) is 27.7 Å². The Morgan fingerprint density at radius 3 is 2.11 bits per heavy atom. The Morgan fingerprint density at radius 2 is 1.42 bits per heavy atom. The molecule has 7 fully saturated rings. The third kappa shape index (κ3) is 2.33. The van der Waals surface area contributed by atoms with E-state index in [0.717, 1.165) is 38.5 Å². The monoisotopic (exact) mass is 504 g/mol. The molecule has 2 heterocycles. The molecule has 36 heavy (non-hydrogen) atoms. The van der Waals surface area contributed by atoms with Crippen molar-refractivity contribution in [2.75, 3.05) is 6.61 Å². The second-order valence-electron chi connectivity index (χ2n) is 15.9. The molecule has 2 bridgehead atoms. The van der Waals surface area contributed by atoms with Crippen LogP contribution in [0.15, 0.2) is 0 Å². The molecule has 5 aliphatic carbocycles. The van der Waals surface area contributed by atoms with Crippen molar-refractivity contribution in [1.29, 1.82) is 0 Å². The largest absolute Gasteiger partial charge is 0.393 e. The van der Waals surface area contributed by atoms with Crippen LogP contribution < -0.4 is 0 Å². The lowest BCUT2D eigenvalue weighted by Crippen LogP contribution is -2.62. The molecule has 2 saturated heterocycles. The summed E-state index contributed by atoms with van der Waals surface area (Å²) in [6.07, 6.45) is 6.66. The molecule has 6 heteroatoms. The van der Waals surface area contributed by atoms with Crippen molar-refractivity contribution in [2.45, 2.75) is 135 Å². The maximum absolute atomic E-state index is 12.0. The van der Waals surface area contributed by atoms with Gasteiger partial charge in [-0.1, -0.05) is 20.8 Å². The van der Waals surface area contributed by atoms with Gasteiger partial charge in [-0.05, 0) is 100 Å². The first-order valence-electron chi connectivity index (χ1n) is 14.7. The van der Waals surface area contributed by atoms with Crippen molar-refractivity contribution >= 4 is 0 Å². The second-order valence-corrected chi connectivity index (χ2v) is 15.9. The molecule has 5 saturated carbocycles. The molecule has 4 N–H and O–H groups in total. The van der Waals surface area contributed by atoms with Gasteiger partial charge in [0.15, 0.2) is 5.79 Å². The number of hydrogen-bond donors (Lipinski definition) is 4. The lowest BCUT2D eigenvalue weighted by molar-refractivity contribution is -0.316. The fourth-order valence-electron chi connectivity index (χ4n) is 12.6. The maximum Gasteiger partial charge on any atom is 0.197 e. The van der Waals surface area contributed by atoms with Crippen LogP contribution in [0.1, 0.15) is 99.3 Å². The highest BCUT2D eigenvalue weighted by molar-refractivity contribution is 5.34. The van der Waals surface area contributed by atoms with Gasteiger partial charge in [-0.25, -0.2) is 0 Å². The van der Waals surface area contributed by atoms with Gasteiger partial charge in [-0.3, -0.25) is 0 Å². The van der Waals surface area contributed by atoms with Gasteiger partial charge < -0.3 is 29.9 Å². The number of aliphatic hydroxyl groups excluding tert-OH is 3. The van der Waals surface area contributed by atoms with Crippen molar-refractivity contribution < 1.29 is 29.9 Å². The van der Waals surface area contributed by atoms with E-state index in [4.69, 9.17) is 9.47 Å². The highest BCUT2D eigenvalue weighted by Gasteiger charge is 2.86. The Kier molecular flexibility index (Phi) is 4.51. The predicted molar refractivity (Wildman–Crippen MR) is 134 cm³/mol. The van der Waals surface area contributed by atoms with Crippen LogP contribution in [0.2, 0.25) is 0 Å². The van der Waals surface area contributed by atoms with Crippen LogP contribution in [-0.4, -0.2) is 62.3 Å². The molecule has 2 aliphatic heterocycles. The maximum atomic E-state index is 12.0. The van der Waals surface area contributed by atoms with Crippen molar-refractivity contribution in [1.82, 2.24) is 0 Å². The molecular weight excluding hydrogens is 456 g/mol. The van der Waals surface area contributed by atoms with Gasteiger partial charge in [0.05, 0.1) is 30.5 Å². The molecule has 0 unspecified atom stereocenters. The fraction of sp³-hybridized carbons (Fsp3) is 1.00. The number of fused-ring (bicyclic) bond motifs is 4. The topological polar surface area (TPSA) is 99.4 Å². The predicted octanol–water partition coefficient (Wildman–Crippen LogP) is 3.77. The van der Waals surface area contributed by atoms with E-state index in [1.54, 1.807) is 13.8 Å². The third-order valence-corrected chi connectivity index (χ3v) is 14.4. The molecule has 204 valence electrons. The first kappa shape index (κ1) is 24.8. The standard InChI is InChI=1S/C30H48O6/c1-23(2)17-7-8-18-26(6)22(33)20(32)21-25(5)11-14-30(36-25,24(3,4)34)35-16-29(21,26)13-12-28(18)15-27(17,28)10-9-19(23)31/h17-22,31-34H,7-16H2,1-6H3/t17-,18-,19-,20+,21+,22+,25-,26+,27+,28-,29-,30-/m0/s1. The van der Waals surface area contributed by atoms with Gasteiger partial charge in [0, 0.05) is 23.2 Å². The first-order chi connectivity index (χ1) is 16.6. The zero-order valence-corrected chi connectivity index (χ0v) is 23.1. The lowest BCUT2D eigenvalue weighted by atomic mass is 9.41. The average Bonchev–Trinajstić information content (AvgIpc) is 3.30. The molecule has 0 aromatic rings. The Labute approximate surface area is 216 Å². The summed E-state index contributed by atoms with van der Waals surface area (Å²) in [4.78, 5) is 0.